The Kier molecular flexibility index (Phi) is 3.42. The van der Waals surface area contributed by atoms with E-state index in [1.807, 2.05) is 0 Å². The van der Waals surface area contributed by atoms with Crippen LogP contribution in [0, 0.1) is 5.82 Å². The number of hydrogen-bond acceptors (Lipinski definition) is 2. The van der Waals surface area contributed by atoms with Gasteiger partial charge < -0.3 is 0 Å². The summed E-state index contributed by atoms with van der Waals surface area (Å²) >= 11 is 14.8. The third-order valence-electron chi connectivity index (χ3n) is 1.87. The maximum absolute atomic E-state index is 12.7. The highest BCUT2D eigenvalue weighted by atomic mass is 79.9. The molecule has 6 heteroatoms. The number of aromatic nitrogens is 2. The number of halogens is 4. The summed E-state index contributed by atoms with van der Waals surface area (Å²) in [7, 11) is 0. The van der Waals surface area contributed by atoms with Crippen LogP contribution in [0.4, 0.5) is 4.39 Å². The van der Waals surface area contributed by atoms with E-state index in [0.717, 1.165) is 0 Å². The van der Waals surface area contributed by atoms with Crippen molar-refractivity contribution < 1.29 is 4.39 Å². The lowest BCUT2D eigenvalue weighted by atomic mass is 10.2. The second-order valence-electron chi connectivity index (χ2n) is 2.95. The molecule has 1 heterocycles. The van der Waals surface area contributed by atoms with Crippen LogP contribution in [0.1, 0.15) is 0 Å². The molecule has 0 unspecified atom stereocenters. The molecular weight excluding hydrogens is 318 g/mol. The molecular formula is C10H4BrCl2FN2. The quantitative estimate of drug-likeness (QED) is 0.730. The van der Waals surface area contributed by atoms with Crippen molar-refractivity contribution in [1.29, 1.82) is 0 Å². The minimum Gasteiger partial charge on any atom is -0.215 e. The summed E-state index contributed by atoms with van der Waals surface area (Å²) in [6, 6.07) is 5.77. The maximum atomic E-state index is 12.7. The number of nitrogens with zero attached hydrogens (tertiary/aromatic N) is 2. The summed E-state index contributed by atoms with van der Waals surface area (Å²) in [4.78, 5) is 8.07. The first-order chi connectivity index (χ1) is 7.58. The van der Waals surface area contributed by atoms with Crippen LogP contribution in [0.5, 0.6) is 0 Å². The van der Waals surface area contributed by atoms with Gasteiger partial charge in [0, 0.05) is 5.56 Å². The molecule has 0 spiro atoms. The zero-order valence-corrected chi connectivity index (χ0v) is 10.8. The third kappa shape index (κ3) is 2.34. The molecule has 2 aromatic rings. The summed E-state index contributed by atoms with van der Waals surface area (Å²) in [5, 5.41) is 0.443. The predicted molar refractivity (Wildman–Crippen MR) is 65.1 cm³/mol. The van der Waals surface area contributed by atoms with Gasteiger partial charge in [-0.3, -0.25) is 0 Å². The van der Waals surface area contributed by atoms with E-state index in [1.54, 1.807) is 12.1 Å². The number of benzene rings is 1. The Morgan fingerprint density at radius 1 is 1.00 bits per heavy atom. The van der Waals surface area contributed by atoms with Crippen LogP contribution in [0.3, 0.4) is 0 Å². The first-order valence-electron chi connectivity index (χ1n) is 4.22. The van der Waals surface area contributed by atoms with Crippen LogP contribution in [-0.4, -0.2) is 9.97 Å². The molecule has 0 saturated carbocycles. The van der Waals surface area contributed by atoms with Gasteiger partial charge in [-0.15, -0.1) is 0 Å². The van der Waals surface area contributed by atoms with Gasteiger partial charge in [0.2, 0.25) is 0 Å². The minimum atomic E-state index is -0.321. The fraction of sp³-hybridized carbons (Fsp3) is 0. The van der Waals surface area contributed by atoms with Crippen molar-refractivity contribution in [2.75, 3.05) is 0 Å². The Balaban J connectivity index is 2.52. The van der Waals surface area contributed by atoms with Gasteiger partial charge in [-0.1, -0.05) is 23.2 Å². The zero-order chi connectivity index (χ0) is 11.7. The number of rotatable bonds is 1. The molecule has 0 amide bonds. The first kappa shape index (κ1) is 11.8. The average Bonchev–Trinajstić information content (AvgIpc) is 2.26. The fourth-order valence-electron chi connectivity index (χ4n) is 1.12. The molecule has 0 aliphatic rings. The van der Waals surface area contributed by atoms with Crippen LogP contribution in [0.2, 0.25) is 10.3 Å². The normalized spacial score (nSPS) is 10.5. The van der Waals surface area contributed by atoms with E-state index in [-0.39, 0.29) is 16.1 Å². The first-order valence-corrected chi connectivity index (χ1v) is 5.77. The van der Waals surface area contributed by atoms with E-state index in [2.05, 4.69) is 25.9 Å². The van der Waals surface area contributed by atoms with Crippen LogP contribution >= 0.6 is 39.1 Å². The Hall–Kier alpha value is -0.710. The van der Waals surface area contributed by atoms with E-state index in [1.165, 1.54) is 12.1 Å². The summed E-state index contributed by atoms with van der Waals surface area (Å²) in [5.74, 6) is 0.0382. The highest BCUT2D eigenvalue weighted by Gasteiger charge is 2.10. The standard InChI is InChI=1S/C10H4BrCl2FN2/c11-7-8(12)15-10(16-9(7)13)5-1-3-6(14)4-2-5/h1-4H. The molecule has 1 aromatic carbocycles. The van der Waals surface area contributed by atoms with Gasteiger partial charge in [0.05, 0.1) is 4.47 Å². The van der Waals surface area contributed by atoms with Crippen LogP contribution < -0.4 is 0 Å². The molecule has 2 nitrogen and oxygen atoms in total. The van der Waals surface area contributed by atoms with Gasteiger partial charge in [-0.2, -0.15) is 0 Å². The molecule has 0 aliphatic heterocycles. The Morgan fingerprint density at radius 2 is 1.50 bits per heavy atom. The number of hydrogen-bond donors (Lipinski definition) is 0. The molecule has 2 rings (SSSR count). The molecule has 0 aliphatic carbocycles. The van der Waals surface area contributed by atoms with Crippen molar-refractivity contribution in [3.8, 4) is 11.4 Å². The van der Waals surface area contributed by atoms with Gasteiger partial charge in [-0.25, -0.2) is 14.4 Å². The zero-order valence-electron chi connectivity index (χ0n) is 7.72. The summed E-state index contributed by atoms with van der Waals surface area (Å²) in [6.45, 7) is 0. The lowest BCUT2D eigenvalue weighted by molar-refractivity contribution is 0.628. The summed E-state index contributed by atoms with van der Waals surface area (Å²) < 4.78 is 13.2. The molecule has 0 saturated heterocycles. The Labute approximate surface area is 110 Å². The monoisotopic (exact) mass is 320 g/mol. The Morgan fingerprint density at radius 3 is 2.00 bits per heavy atom. The van der Waals surface area contributed by atoms with E-state index in [9.17, 15) is 4.39 Å². The molecule has 0 N–H and O–H groups in total. The van der Waals surface area contributed by atoms with Gasteiger partial charge >= 0.3 is 0 Å². The fourth-order valence-corrected chi connectivity index (χ4v) is 1.69. The van der Waals surface area contributed by atoms with E-state index < -0.39 is 0 Å². The molecule has 0 fully saturated rings. The largest absolute Gasteiger partial charge is 0.215 e. The highest BCUT2D eigenvalue weighted by molar-refractivity contribution is 9.10. The molecule has 0 bridgehead atoms. The van der Waals surface area contributed by atoms with Crippen molar-refractivity contribution in [2.24, 2.45) is 0 Å². The highest BCUT2D eigenvalue weighted by Crippen LogP contribution is 2.29. The van der Waals surface area contributed by atoms with Crippen molar-refractivity contribution in [3.63, 3.8) is 0 Å². The SMILES string of the molecule is Fc1ccc(-c2nc(Cl)c(Br)c(Cl)n2)cc1. The van der Waals surface area contributed by atoms with Crippen LogP contribution in [-0.2, 0) is 0 Å². The van der Waals surface area contributed by atoms with Gasteiger partial charge in [0.1, 0.15) is 16.1 Å². The third-order valence-corrected chi connectivity index (χ3v) is 3.63. The van der Waals surface area contributed by atoms with Crippen molar-refractivity contribution >= 4 is 39.1 Å². The van der Waals surface area contributed by atoms with Crippen molar-refractivity contribution in [1.82, 2.24) is 9.97 Å². The van der Waals surface area contributed by atoms with Gasteiger partial charge in [-0.05, 0) is 40.2 Å². The van der Waals surface area contributed by atoms with E-state index in [0.29, 0.717) is 15.9 Å². The molecule has 1 aromatic heterocycles. The molecule has 0 atom stereocenters. The van der Waals surface area contributed by atoms with Crippen LogP contribution in [0.25, 0.3) is 11.4 Å². The smallest absolute Gasteiger partial charge is 0.162 e. The van der Waals surface area contributed by atoms with Gasteiger partial charge in [0.25, 0.3) is 0 Å². The second kappa shape index (κ2) is 4.65. The van der Waals surface area contributed by atoms with E-state index >= 15 is 0 Å². The second-order valence-corrected chi connectivity index (χ2v) is 4.46. The molecule has 82 valence electrons. The predicted octanol–water partition coefficient (Wildman–Crippen LogP) is 4.35. The average molecular weight is 322 g/mol. The van der Waals surface area contributed by atoms with Crippen molar-refractivity contribution in [2.45, 2.75) is 0 Å². The topological polar surface area (TPSA) is 25.8 Å². The molecule has 16 heavy (non-hydrogen) atoms. The van der Waals surface area contributed by atoms with Crippen LogP contribution in [0.15, 0.2) is 28.7 Å². The molecule has 0 radical (unpaired) electrons. The van der Waals surface area contributed by atoms with Gasteiger partial charge in [0.15, 0.2) is 5.82 Å². The van der Waals surface area contributed by atoms with Crippen molar-refractivity contribution in [3.05, 3.63) is 44.9 Å². The maximum Gasteiger partial charge on any atom is 0.162 e. The summed E-state index contributed by atoms with van der Waals surface area (Å²) in [5.41, 5.74) is 0.651. The van der Waals surface area contributed by atoms with E-state index in [4.69, 9.17) is 23.2 Å². The summed E-state index contributed by atoms with van der Waals surface area (Å²) in [6.07, 6.45) is 0. The Bertz CT molecular complexity index is 508. The lowest BCUT2D eigenvalue weighted by Crippen LogP contribution is -1.92. The lowest BCUT2D eigenvalue weighted by Gasteiger charge is -2.03. The minimum absolute atomic E-state index is 0.222.